The zero-order valence-corrected chi connectivity index (χ0v) is 16.7. The number of hydrogen-bond donors (Lipinski definition) is 3. The third-order valence-electron chi connectivity index (χ3n) is 5.12. The number of quaternary nitrogens is 1. The molecule has 2 aromatic rings. The van der Waals surface area contributed by atoms with E-state index in [1.807, 2.05) is 30.3 Å². The average molecular weight is 413 g/mol. The van der Waals surface area contributed by atoms with Gasteiger partial charge < -0.3 is 20.4 Å². The van der Waals surface area contributed by atoms with Gasteiger partial charge in [-0.15, -0.1) is 0 Å². The van der Waals surface area contributed by atoms with E-state index in [0.717, 1.165) is 18.7 Å². The van der Waals surface area contributed by atoms with Crippen LogP contribution in [0.1, 0.15) is 15.9 Å². The summed E-state index contributed by atoms with van der Waals surface area (Å²) in [5.41, 5.74) is 1.41. The Bertz CT molecular complexity index is 866. The van der Waals surface area contributed by atoms with Gasteiger partial charge >= 0.3 is 11.8 Å². The van der Waals surface area contributed by atoms with Crippen LogP contribution in [0.5, 0.6) is 0 Å². The number of halogens is 1. The van der Waals surface area contributed by atoms with E-state index >= 15 is 0 Å². The van der Waals surface area contributed by atoms with Crippen LogP contribution in [0.4, 0.5) is 4.39 Å². The molecule has 1 saturated heterocycles. The minimum atomic E-state index is -0.649. The molecule has 0 saturated carbocycles. The minimum absolute atomic E-state index is 0.0996. The van der Waals surface area contributed by atoms with Crippen molar-refractivity contribution in [3.8, 4) is 0 Å². The lowest BCUT2D eigenvalue weighted by Crippen LogP contribution is -3.15. The van der Waals surface area contributed by atoms with Gasteiger partial charge in [0.1, 0.15) is 5.82 Å². The molecular weight excluding hydrogens is 387 g/mol. The molecule has 0 aliphatic carbocycles. The molecule has 3 amide bonds. The molecule has 1 fully saturated rings. The monoisotopic (exact) mass is 413 g/mol. The zero-order valence-electron chi connectivity index (χ0n) is 16.7. The van der Waals surface area contributed by atoms with Crippen LogP contribution in [-0.2, 0) is 16.1 Å². The van der Waals surface area contributed by atoms with Crippen LogP contribution in [0, 0.1) is 5.82 Å². The first-order valence-corrected chi connectivity index (χ1v) is 10.0. The van der Waals surface area contributed by atoms with E-state index in [2.05, 4.69) is 10.6 Å². The molecule has 2 aromatic carbocycles. The van der Waals surface area contributed by atoms with Crippen molar-refractivity contribution < 1.29 is 23.7 Å². The highest BCUT2D eigenvalue weighted by Crippen LogP contribution is 2.07. The van der Waals surface area contributed by atoms with Gasteiger partial charge in [0.05, 0.1) is 39.3 Å². The maximum absolute atomic E-state index is 13.0. The number of carbonyl (C=O) groups excluding carboxylic acids is 3. The highest BCUT2D eigenvalue weighted by molar-refractivity contribution is 6.35. The van der Waals surface area contributed by atoms with Crippen molar-refractivity contribution >= 4 is 17.7 Å². The van der Waals surface area contributed by atoms with Crippen LogP contribution < -0.4 is 15.5 Å². The van der Waals surface area contributed by atoms with E-state index in [1.165, 1.54) is 29.2 Å². The predicted octanol–water partition coefficient (Wildman–Crippen LogP) is -0.401. The third kappa shape index (κ3) is 6.12. The molecule has 3 N–H and O–H groups in total. The van der Waals surface area contributed by atoms with Gasteiger partial charge in [-0.25, -0.2) is 4.39 Å². The molecule has 0 spiro atoms. The SMILES string of the molecule is O=C(NCC[NH+]1CCN(C(=O)c2ccc(F)cc2)CC1)C(=O)NCc1ccccc1. The van der Waals surface area contributed by atoms with Gasteiger partial charge in [0.2, 0.25) is 0 Å². The number of hydrogen-bond acceptors (Lipinski definition) is 3. The van der Waals surface area contributed by atoms with E-state index in [4.69, 9.17) is 0 Å². The lowest BCUT2D eigenvalue weighted by Gasteiger charge is -2.32. The molecular formula is C22H26FN4O3+. The fourth-order valence-corrected chi connectivity index (χ4v) is 3.34. The second-order valence-corrected chi connectivity index (χ2v) is 7.22. The molecule has 0 atom stereocenters. The highest BCUT2D eigenvalue weighted by atomic mass is 19.1. The summed E-state index contributed by atoms with van der Waals surface area (Å²) < 4.78 is 13.0. The molecule has 0 bridgehead atoms. The summed E-state index contributed by atoms with van der Waals surface area (Å²) in [7, 11) is 0. The van der Waals surface area contributed by atoms with Crippen molar-refractivity contribution in [2.24, 2.45) is 0 Å². The van der Waals surface area contributed by atoms with Crippen molar-refractivity contribution in [2.45, 2.75) is 6.54 Å². The summed E-state index contributed by atoms with van der Waals surface area (Å²) in [5.74, 6) is -1.76. The summed E-state index contributed by atoms with van der Waals surface area (Å²) in [6.07, 6.45) is 0. The van der Waals surface area contributed by atoms with Crippen LogP contribution in [-0.4, -0.2) is 61.9 Å². The van der Waals surface area contributed by atoms with Crippen LogP contribution in [0.15, 0.2) is 54.6 Å². The van der Waals surface area contributed by atoms with Crippen molar-refractivity contribution in [3.05, 3.63) is 71.5 Å². The van der Waals surface area contributed by atoms with Gasteiger partial charge in [0.25, 0.3) is 5.91 Å². The van der Waals surface area contributed by atoms with Crippen LogP contribution >= 0.6 is 0 Å². The first-order chi connectivity index (χ1) is 14.5. The fraction of sp³-hybridized carbons (Fsp3) is 0.318. The van der Waals surface area contributed by atoms with E-state index in [9.17, 15) is 18.8 Å². The van der Waals surface area contributed by atoms with Gasteiger partial charge in [0.15, 0.2) is 0 Å². The van der Waals surface area contributed by atoms with Crippen LogP contribution in [0.3, 0.4) is 0 Å². The fourth-order valence-electron chi connectivity index (χ4n) is 3.34. The van der Waals surface area contributed by atoms with Gasteiger partial charge in [0, 0.05) is 12.1 Å². The molecule has 158 valence electrons. The average Bonchev–Trinajstić information content (AvgIpc) is 2.78. The first-order valence-electron chi connectivity index (χ1n) is 10.0. The summed E-state index contributed by atoms with van der Waals surface area (Å²) in [6.45, 7) is 4.07. The van der Waals surface area contributed by atoms with E-state index < -0.39 is 11.8 Å². The van der Waals surface area contributed by atoms with Crippen molar-refractivity contribution in [1.29, 1.82) is 0 Å². The Hall–Kier alpha value is -3.26. The second kappa shape index (κ2) is 10.5. The van der Waals surface area contributed by atoms with Crippen LogP contribution in [0.2, 0.25) is 0 Å². The van der Waals surface area contributed by atoms with Gasteiger partial charge in [-0.05, 0) is 29.8 Å². The van der Waals surface area contributed by atoms with Crippen molar-refractivity contribution in [1.82, 2.24) is 15.5 Å². The molecule has 0 radical (unpaired) electrons. The molecule has 1 aliphatic rings. The zero-order chi connectivity index (χ0) is 21.3. The van der Waals surface area contributed by atoms with E-state index in [-0.39, 0.29) is 11.7 Å². The molecule has 30 heavy (non-hydrogen) atoms. The molecule has 7 nitrogen and oxygen atoms in total. The Morgan fingerprint density at radius 1 is 0.900 bits per heavy atom. The number of amides is 3. The Balaban J connectivity index is 1.33. The largest absolute Gasteiger partial charge is 0.344 e. The molecule has 8 heteroatoms. The number of nitrogens with one attached hydrogen (secondary N) is 3. The highest BCUT2D eigenvalue weighted by Gasteiger charge is 2.24. The van der Waals surface area contributed by atoms with Crippen molar-refractivity contribution in [2.75, 3.05) is 39.3 Å². The molecule has 1 aliphatic heterocycles. The Morgan fingerprint density at radius 3 is 2.20 bits per heavy atom. The Kier molecular flexibility index (Phi) is 7.51. The Labute approximate surface area is 174 Å². The summed E-state index contributed by atoms with van der Waals surface area (Å²) in [4.78, 5) is 39.3. The number of rotatable bonds is 6. The van der Waals surface area contributed by atoms with Crippen molar-refractivity contribution in [3.63, 3.8) is 0 Å². The van der Waals surface area contributed by atoms with Gasteiger partial charge in [-0.3, -0.25) is 14.4 Å². The lowest BCUT2D eigenvalue weighted by atomic mass is 10.2. The smallest absolute Gasteiger partial charge is 0.309 e. The molecule has 1 heterocycles. The quantitative estimate of drug-likeness (QED) is 0.564. The summed E-state index contributed by atoms with van der Waals surface area (Å²) in [6, 6.07) is 14.9. The van der Waals surface area contributed by atoms with Crippen LogP contribution in [0.25, 0.3) is 0 Å². The predicted molar refractivity (Wildman–Crippen MR) is 109 cm³/mol. The maximum atomic E-state index is 13.0. The summed E-state index contributed by atoms with van der Waals surface area (Å²) >= 11 is 0. The second-order valence-electron chi connectivity index (χ2n) is 7.22. The molecule has 3 rings (SSSR count). The topological polar surface area (TPSA) is 83.0 Å². The number of piperazine rings is 1. The molecule has 0 aromatic heterocycles. The van der Waals surface area contributed by atoms with E-state index in [0.29, 0.717) is 38.3 Å². The van der Waals surface area contributed by atoms with Gasteiger partial charge in [-0.1, -0.05) is 30.3 Å². The number of nitrogens with zero attached hydrogens (tertiary/aromatic N) is 1. The lowest BCUT2D eigenvalue weighted by molar-refractivity contribution is -0.902. The molecule has 0 unspecified atom stereocenters. The Morgan fingerprint density at radius 2 is 1.53 bits per heavy atom. The van der Waals surface area contributed by atoms with Gasteiger partial charge in [-0.2, -0.15) is 0 Å². The third-order valence-corrected chi connectivity index (χ3v) is 5.12. The summed E-state index contributed by atoms with van der Waals surface area (Å²) in [5, 5.41) is 5.24. The minimum Gasteiger partial charge on any atom is -0.344 e. The standard InChI is InChI=1S/C22H25FN4O3/c23-19-8-6-18(7-9-19)22(30)27-14-12-26(13-15-27)11-10-24-20(28)21(29)25-16-17-4-2-1-3-5-17/h1-9H,10-16H2,(H,24,28)(H,25,29)/p+1. The maximum Gasteiger partial charge on any atom is 0.309 e. The van der Waals surface area contributed by atoms with E-state index in [1.54, 1.807) is 4.90 Å². The number of carbonyl (C=O) groups is 3. The first kappa shape index (κ1) is 21.4. The number of benzene rings is 2. The normalized spacial score (nSPS) is 14.2.